The summed E-state index contributed by atoms with van der Waals surface area (Å²) >= 11 is 0. The Morgan fingerprint density at radius 2 is 1.75 bits per heavy atom. The predicted octanol–water partition coefficient (Wildman–Crippen LogP) is 3.17. The number of ether oxygens (including phenoxy) is 2. The smallest absolute Gasteiger partial charge is 0.341 e. The maximum atomic E-state index is 13.6. The van der Waals surface area contributed by atoms with Gasteiger partial charge < -0.3 is 19.5 Å². The number of hydrogen-bond acceptors (Lipinski definition) is 4. The Balaban J connectivity index is 1.87. The standard InChI is InChI=1S/C22H25NO5/c1-16-5-3-4-6-19(16)22(11-13-27-14-12-22)21(26)23(2)17-7-9-18(10-8-17)28-15-20(24)25/h3-10H,11-15H2,1-2H3,(H,24,25). The molecule has 1 aliphatic heterocycles. The van der Waals surface area contributed by atoms with Crippen molar-refractivity contribution in [2.45, 2.75) is 25.2 Å². The Hall–Kier alpha value is -2.86. The summed E-state index contributed by atoms with van der Waals surface area (Å²) < 4.78 is 10.7. The third-order valence-corrected chi connectivity index (χ3v) is 5.31. The molecule has 0 aromatic heterocycles. The SMILES string of the molecule is Cc1ccccc1C1(C(=O)N(C)c2ccc(OCC(=O)O)cc2)CCOCC1. The minimum atomic E-state index is -1.03. The molecule has 2 aromatic rings. The molecule has 3 rings (SSSR count). The molecule has 0 radical (unpaired) electrons. The molecular weight excluding hydrogens is 358 g/mol. The number of carbonyl (C=O) groups is 2. The number of amides is 1. The maximum Gasteiger partial charge on any atom is 0.341 e. The van der Waals surface area contributed by atoms with Crippen LogP contribution in [0.4, 0.5) is 5.69 Å². The molecule has 2 aromatic carbocycles. The zero-order valence-corrected chi connectivity index (χ0v) is 16.2. The molecule has 0 unspecified atom stereocenters. The van der Waals surface area contributed by atoms with Crippen molar-refractivity contribution in [3.63, 3.8) is 0 Å². The van der Waals surface area contributed by atoms with Gasteiger partial charge in [-0.2, -0.15) is 0 Å². The molecule has 1 N–H and O–H groups in total. The Labute approximate surface area is 164 Å². The first-order valence-corrected chi connectivity index (χ1v) is 9.31. The van der Waals surface area contributed by atoms with Gasteiger partial charge in [-0.3, -0.25) is 4.79 Å². The van der Waals surface area contributed by atoms with Crippen LogP contribution in [0.1, 0.15) is 24.0 Å². The molecule has 6 heteroatoms. The minimum Gasteiger partial charge on any atom is -0.482 e. The molecule has 1 saturated heterocycles. The van der Waals surface area contributed by atoms with E-state index in [2.05, 4.69) is 0 Å². The topological polar surface area (TPSA) is 76.1 Å². The third kappa shape index (κ3) is 4.02. The molecule has 28 heavy (non-hydrogen) atoms. The average Bonchev–Trinajstić information content (AvgIpc) is 2.72. The minimum absolute atomic E-state index is 0.0318. The lowest BCUT2D eigenvalue weighted by atomic mass is 9.71. The summed E-state index contributed by atoms with van der Waals surface area (Å²) in [5.41, 5.74) is 2.27. The lowest BCUT2D eigenvalue weighted by molar-refractivity contribution is -0.139. The Morgan fingerprint density at radius 3 is 2.36 bits per heavy atom. The first kappa shape index (κ1) is 19.9. The van der Waals surface area contributed by atoms with Gasteiger partial charge in [0.2, 0.25) is 5.91 Å². The molecule has 148 valence electrons. The van der Waals surface area contributed by atoms with Crippen molar-refractivity contribution in [1.82, 2.24) is 0 Å². The second-order valence-electron chi connectivity index (χ2n) is 7.05. The summed E-state index contributed by atoms with van der Waals surface area (Å²) in [7, 11) is 1.77. The molecule has 0 aliphatic carbocycles. The molecule has 0 atom stereocenters. The summed E-state index contributed by atoms with van der Waals surface area (Å²) in [5, 5.41) is 8.71. The Kier molecular flexibility index (Phi) is 5.99. The predicted molar refractivity (Wildman–Crippen MR) is 106 cm³/mol. The van der Waals surface area contributed by atoms with Gasteiger partial charge in [0, 0.05) is 25.9 Å². The van der Waals surface area contributed by atoms with Crippen LogP contribution in [0.15, 0.2) is 48.5 Å². The Bertz CT molecular complexity index is 840. The van der Waals surface area contributed by atoms with E-state index >= 15 is 0 Å². The molecule has 0 bridgehead atoms. The van der Waals surface area contributed by atoms with Gasteiger partial charge in [-0.25, -0.2) is 4.79 Å². The van der Waals surface area contributed by atoms with Crippen molar-refractivity contribution in [2.75, 3.05) is 31.8 Å². The first-order chi connectivity index (χ1) is 13.4. The highest BCUT2D eigenvalue weighted by molar-refractivity contribution is 6.01. The second-order valence-corrected chi connectivity index (χ2v) is 7.05. The lowest BCUT2D eigenvalue weighted by Crippen LogP contribution is -2.49. The molecule has 1 amide bonds. The van der Waals surface area contributed by atoms with E-state index in [1.54, 1.807) is 36.2 Å². The first-order valence-electron chi connectivity index (χ1n) is 9.31. The Morgan fingerprint density at radius 1 is 1.11 bits per heavy atom. The molecule has 6 nitrogen and oxygen atoms in total. The highest BCUT2D eigenvalue weighted by Gasteiger charge is 2.44. The van der Waals surface area contributed by atoms with Crippen molar-refractivity contribution in [3.05, 3.63) is 59.7 Å². The monoisotopic (exact) mass is 383 g/mol. The van der Waals surface area contributed by atoms with Gasteiger partial charge in [-0.15, -0.1) is 0 Å². The van der Waals surface area contributed by atoms with Gasteiger partial charge in [-0.1, -0.05) is 24.3 Å². The summed E-state index contributed by atoms with van der Waals surface area (Å²) in [5.74, 6) is -0.549. The quantitative estimate of drug-likeness (QED) is 0.829. The number of nitrogens with zero attached hydrogens (tertiary/aromatic N) is 1. The molecule has 0 saturated carbocycles. The number of carboxylic acid groups (broad SMARTS) is 1. The van der Waals surface area contributed by atoms with E-state index in [0.29, 0.717) is 31.8 Å². The van der Waals surface area contributed by atoms with Crippen LogP contribution in [0.5, 0.6) is 5.75 Å². The molecule has 1 heterocycles. The molecule has 0 spiro atoms. The van der Waals surface area contributed by atoms with Crippen molar-refractivity contribution >= 4 is 17.6 Å². The third-order valence-electron chi connectivity index (χ3n) is 5.31. The van der Waals surface area contributed by atoms with Crippen molar-refractivity contribution in [3.8, 4) is 5.75 Å². The maximum absolute atomic E-state index is 13.6. The zero-order chi connectivity index (χ0) is 20.1. The van der Waals surface area contributed by atoms with Gasteiger partial charge in [0.05, 0.1) is 5.41 Å². The fourth-order valence-corrected chi connectivity index (χ4v) is 3.78. The summed E-state index contributed by atoms with van der Waals surface area (Å²) in [4.78, 5) is 25.9. The number of aryl methyl sites for hydroxylation is 1. The zero-order valence-electron chi connectivity index (χ0n) is 16.2. The van der Waals surface area contributed by atoms with E-state index in [1.807, 2.05) is 31.2 Å². The van der Waals surface area contributed by atoms with Gasteiger partial charge in [0.25, 0.3) is 0 Å². The fraction of sp³-hybridized carbons (Fsp3) is 0.364. The number of hydrogen-bond donors (Lipinski definition) is 1. The highest BCUT2D eigenvalue weighted by atomic mass is 16.5. The number of carbonyl (C=O) groups excluding carboxylic acids is 1. The van der Waals surface area contributed by atoms with Crippen LogP contribution in [-0.4, -0.2) is 43.9 Å². The van der Waals surface area contributed by atoms with E-state index < -0.39 is 18.0 Å². The van der Waals surface area contributed by atoms with Crippen LogP contribution < -0.4 is 9.64 Å². The van der Waals surface area contributed by atoms with Gasteiger partial charge >= 0.3 is 5.97 Å². The highest BCUT2D eigenvalue weighted by Crippen LogP contribution is 2.39. The summed E-state index contributed by atoms with van der Waals surface area (Å²) in [6, 6.07) is 14.9. The van der Waals surface area contributed by atoms with Crippen LogP contribution >= 0.6 is 0 Å². The molecular formula is C22H25NO5. The number of benzene rings is 2. The van der Waals surface area contributed by atoms with E-state index in [4.69, 9.17) is 14.6 Å². The number of aliphatic carboxylic acids is 1. The summed E-state index contributed by atoms with van der Waals surface area (Å²) in [6.07, 6.45) is 1.28. The normalized spacial score (nSPS) is 15.6. The van der Waals surface area contributed by atoms with E-state index in [1.165, 1.54) is 0 Å². The lowest BCUT2D eigenvalue weighted by Gasteiger charge is -2.40. The van der Waals surface area contributed by atoms with Crippen molar-refractivity contribution < 1.29 is 24.2 Å². The van der Waals surface area contributed by atoms with Crippen molar-refractivity contribution in [1.29, 1.82) is 0 Å². The second kappa shape index (κ2) is 8.44. The van der Waals surface area contributed by atoms with Crippen LogP contribution in [0, 0.1) is 6.92 Å². The number of carboxylic acids is 1. The molecule has 1 aliphatic rings. The fourth-order valence-electron chi connectivity index (χ4n) is 3.78. The number of rotatable bonds is 6. The summed E-state index contributed by atoms with van der Waals surface area (Å²) in [6.45, 7) is 2.74. The number of anilines is 1. The van der Waals surface area contributed by atoms with Crippen LogP contribution in [0.25, 0.3) is 0 Å². The van der Waals surface area contributed by atoms with Crippen LogP contribution in [0.2, 0.25) is 0 Å². The van der Waals surface area contributed by atoms with Crippen LogP contribution in [-0.2, 0) is 19.7 Å². The van der Waals surface area contributed by atoms with Gasteiger partial charge in [0.1, 0.15) is 5.75 Å². The van der Waals surface area contributed by atoms with E-state index in [0.717, 1.165) is 16.8 Å². The van der Waals surface area contributed by atoms with Crippen LogP contribution in [0.3, 0.4) is 0 Å². The molecule has 1 fully saturated rings. The van der Waals surface area contributed by atoms with E-state index in [9.17, 15) is 9.59 Å². The van der Waals surface area contributed by atoms with E-state index in [-0.39, 0.29) is 5.91 Å². The van der Waals surface area contributed by atoms with Crippen molar-refractivity contribution in [2.24, 2.45) is 0 Å². The number of likely N-dealkylation sites (N-methyl/N-ethyl adjacent to an activating group) is 1. The average molecular weight is 383 g/mol. The van der Waals surface area contributed by atoms with Gasteiger partial charge in [0.15, 0.2) is 6.61 Å². The van der Waals surface area contributed by atoms with Gasteiger partial charge in [-0.05, 0) is 55.2 Å². The largest absolute Gasteiger partial charge is 0.482 e.